The highest BCUT2D eigenvalue weighted by atomic mass is 16.5. The fourth-order valence-electron chi connectivity index (χ4n) is 3.27. The van der Waals surface area contributed by atoms with Gasteiger partial charge in [0.25, 0.3) is 5.91 Å². The lowest BCUT2D eigenvalue weighted by Gasteiger charge is -2.05. The summed E-state index contributed by atoms with van der Waals surface area (Å²) in [5.74, 6) is 0.805. The Morgan fingerprint density at radius 3 is 2.31 bits per heavy atom. The van der Waals surface area contributed by atoms with Gasteiger partial charge in [0.2, 0.25) is 5.88 Å². The second-order valence-corrected chi connectivity index (χ2v) is 7.53. The molecule has 1 amide bonds. The summed E-state index contributed by atoms with van der Waals surface area (Å²) in [7, 11) is 0. The first kappa shape index (κ1) is 21.1. The van der Waals surface area contributed by atoms with E-state index in [1.54, 1.807) is 28.8 Å². The van der Waals surface area contributed by atoms with Crippen LogP contribution in [0.1, 0.15) is 24.2 Å². The smallest absolute Gasteiger partial charge is 0.295 e. The molecular formula is C26H23N3O3. The predicted molar refractivity (Wildman–Crippen MR) is 125 cm³/mol. The first-order chi connectivity index (χ1) is 15.5. The third kappa shape index (κ3) is 4.59. The number of aromatic nitrogens is 1. The van der Waals surface area contributed by atoms with Gasteiger partial charge >= 0.3 is 0 Å². The third-order valence-corrected chi connectivity index (χ3v) is 4.92. The van der Waals surface area contributed by atoms with Gasteiger partial charge in [-0.2, -0.15) is 0 Å². The Labute approximate surface area is 186 Å². The van der Waals surface area contributed by atoms with Crippen molar-refractivity contribution in [1.29, 1.82) is 0 Å². The van der Waals surface area contributed by atoms with Gasteiger partial charge in [-0.15, -0.1) is 10.2 Å². The number of carbonyl (C=O) groups is 1. The van der Waals surface area contributed by atoms with Gasteiger partial charge in [0, 0.05) is 17.5 Å². The van der Waals surface area contributed by atoms with E-state index in [2.05, 4.69) is 10.2 Å². The van der Waals surface area contributed by atoms with Crippen molar-refractivity contribution < 1.29 is 14.6 Å². The second-order valence-electron chi connectivity index (χ2n) is 7.53. The number of hydrogen-bond donors (Lipinski definition) is 1. The van der Waals surface area contributed by atoms with E-state index in [0.29, 0.717) is 23.6 Å². The fraction of sp³-hybridized carbons (Fsp3) is 0.115. The molecule has 0 aliphatic rings. The van der Waals surface area contributed by atoms with Crippen LogP contribution in [0, 0.1) is 0 Å². The molecule has 1 N–H and O–H groups in total. The van der Waals surface area contributed by atoms with Crippen molar-refractivity contribution in [3.8, 4) is 17.4 Å². The van der Waals surface area contributed by atoms with E-state index in [9.17, 15) is 9.90 Å². The molecule has 4 aromatic rings. The molecule has 0 saturated heterocycles. The number of aromatic hydroxyl groups is 1. The molecule has 0 atom stereocenters. The molecule has 0 spiro atoms. The Morgan fingerprint density at radius 2 is 1.59 bits per heavy atom. The monoisotopic (exact) mass is 425 g/mol. The molecule has 0 aliphatic heterocycles. The third-order valence-electron chi connectivity index (χ3n) is 4.92. The average molecular weight is 425 g/mol. The summed E-state index contributed by atoms with van der Waals surface area (Å²) in [4.78, 5) is 12.6. The van der Waals surface area contributed by atoms with Crippen LogP contribution in [0.5, 0.6) is 17.4 Å². The van der Waals surface area contributed by atoms with E-state index in [1.165, 1.54) is 0 Å². The molecule has 3 aromatic carbocycles. The molecule has 4 rings (SSSR count). The Morgan fingerprint density at radius 1 is 0.938 bits per heavy atom. The van der Waals surface area contributed by atoms with Crippen molar-refractivity contribution in [2.24, 2.45) is 10.2 Å². The average Bonchev–Trinajstić information content (AvgIpc) is 3.07. The lowest BCUT2D eigenvalue weighted by Crippen LogP contribution is -1.94. The lowest BCUT2D eigenvalue weighted by molar-refractivity contribution is 0.0995. The van der Waals surface area contributed by atoms with Gasteiger partial charge in [0.1, 0.15) is 11.5 Å². The van der Waals surface area contributed by atoms with Gasteiger partial charge in [-0.05, 0) is 56.3 Å². The Kier molecular flexibility index (Phi) is 6.12. The fourth-order valence-corrected chi connectivity index (χ4v) is 3.27. The number of allylic oxidation sites excluding steroid dienone is 2. The van der Waals surface area contributed by atoms with E-state index in [0.717, 1.165) is 16.5 Å². The topological polar surface area (TPSA) is 76.2 Å². The zero-order chi connectivity index (χ0) is 22.5. The Balaban J connectivity index is 1.56. The highest BCUT2D eigenvalue weighted by Gasteiger charge is 2.16. The maximum absolute atomic E-state index is 12.6. The van der Waals surface area contributed by atoms with Crippen molar-refractivity contribution in [2.75, 3.05) is 0 Å². The molecule has 0 bridgehead atoms. The summed E-state index contributed by atoms with van der Waals surface area (Å²) in [6.45, 7) is 4.50. The van der Waals surface area contributed by atoms with Crippen LogP contribution in [-0.4, -0.2) is 15.6 Å². The molecule has 0 radical (unpaired) electrons. The summed E-state index contributed by atoms with van der Waals surface area (Å²) in [6.07, 6.45) is 2.01. The molecule has 6 heteroatoms. The Hall–Kier alpha value is -4.19. The summed E-state index contributed by atoms with van der Waals surface area (Å²) in [5.41, 5.74) is 2.62. The van der Waals surface area contributed by atoms with Crippen molar-refractivity contribution in [1.82, 2.24) is 4.57 Å². The summed E-state index contributed by atoms with van der Waals surface area (Å²) >= 11 is 0. The normalized spacial score (nSPS) is 11.1. The minimum absolute atomic E-state index is 0.0214. The second kappa shape index (κ2) is 9.31. The number of carbonyl (C=O) groups excluding carboxylic acids is 1. The minimum Gasteiger partial charge on any atom is -0.493 e. The van der Waals surface area contributed by atoms with Crippen LogP contribution in [-0.2, 0) is 6.54 Å². The van der Waals surface area contributed by atoms with E-state index in [-0.39, 0.29) is 11.6 Å². The van der Waals surface area contributed by atoms with Crippen LogP contribution >= 0.6 is 0 Å². The standard InChI is InChI=1S/C26H23N3O3/c1-18(2)16-17-29-23-11-7-6-10-22(23)24(26(29)31)27-28-25(30)19-12-14-21(15-13-19)32-20-8-4-3-5-9-20/h3-16,31H,17H2,1-2H3. The number of amides is 1. The van der Waals surface area contributed by atoms with Crippen molar-refractivity contribution >= 4 is 22.5 Å². The van der Waals surface area contributed by atoms with Crippen molar-refractivity contribution in [3.05, 3.63) is 96.1 Å². The molecule has 1 aromatic heterocycles. The van der Waals surface area contributed by atoms with Crippen LogP contribution in [0.4, 0.5) is 5.69 Å². The van der Waals surface area contributed by atoms with Gasteiger partial charge in [0.05, 0.1) is 5.52 Å². The number of azo groups is 1. The van der Waals surface area contributed by atoms with Gasteiger partial charge < -0.3 is 14.4 Å². The quantitative estimate of drug-likeness (QED) is 0.266. The minimum atomic E-state index is -0.503. The van der Waals surface area contributed by atoms with Crippen LogP contribution in [0.2, 0.25) is 0 Å². The highest BCUT2D eigenvalue weighted by molar-refractivity contribution is 5.97. The SMILES string of the molecule is CC(C)=CCn1c(O)c(N=NC(=O)c2ccc(Oc3ccccc3)cc2)c2ccccc21. The number of hydrogen-bond acceptors (Lipinski definition) is 4. The number of fused-ring (bicyclic) bond motifs is 1. The van der Waals surface area contributed by atoms with Gasteiger partial charge in [-0.1, -0.05) is 48.0 Å². The van der Waals surface area contributed by atoms with Crippen LogP contribution in [0.25, 0.3) is 10.9 Å². The van der Waals surface area contributed by atoms with E-state index >= 15 is 0 Å². The summed E-state index contributed by atoms with van der Waals surface area (Å²) < 4.78 is 7.49. The molecule has 32 heavy (non-hydrogen) atoms. The van der Waals surface area contributed by atoms with Gasteiger partial charge in [-0.25, -0.2) is 0 Å². The number of rotatable bonds is 6. The van der Waals surface area contributed by atoms with E-state index in [1.807, 2.05) is 74.5 Å². The number of nitrogens with zero attached hydrogens (tertiary/aromatic N) is 3. The number of para-hydroxylation sites is 2. The van der Waals surface area contributed by atoms with Crippen molar-refractivity contribution in [2.45, 2.75) is 20.4 Å². The molecule has 1 heterocycles. The molecule has 160 valence electrons. The summed E-state index contributed by atoms with van der Waals surface area (Å²) in [6, 6.07) is 23.6. The zero-order valence-electron chi connectivity index (χ0n) is 17.9. The summed E-state index contributed by atoms with van der Waals surface area (Å²) in [5, 5.41) is 19.4. The van der Waals surface area contributed by atoms with Crippen LogP contribution in [0.15, 0.2) is 101 Å². The van der Waals surface area contributed by atoms with Crippen LogP contribution in [0.3, 0.4) is 0 Å². The maximum Gasteiger partial charge on any atom is 0.295 e. The number of benzene rings is 3. The first-order valence-corrected chi connectivity index (χ1v) is 10.3. The van der Waals surface area contributed by atoms with Gasteiger partial charge in [0.15, 0.2) is 5.69 Å². The van der Waals surface area contributed by atoms with Gasteiger partial charge in [-0.3, -0.25) is 4.79 Å². The molecule has 0 fully saturated rings. The molecule has 0 saturated carbocycles. The first-order valence-electron chi connectivity index (χ1n) is 10.3. The van der Waals surface area contributed by atoms with E-state index < -0.39 is 5.91 Å². The molecule has 0 aliphatic carbocycles. The zero-order valence-corrected chi connectivity index (χ0v) is 17.9. The van der Waals surface area contributed by atoms with Crippen molar-refractivity contribution in [3.63, 3.8) is 0 Å². The largest absolute Gasteiger partial charge is 0.493 e. The van der Waals surface area contributed by atoms with E-state index in [4.69, 9.17) is 4.74 Å². The molecule has 0 unspecified atom stereocenters. The molecule has 6 nitrogen and oxygen atoms in total. The number of ether oxygens (including phenoxy) is 1. The lowest BCUT2D eigenvalue weighted by atomic mass is 10.2. The highest BCUT2D eigenvalue weighted by Crippen LogP contribution is 2.39. The molecular weight excluding hydrogens is 402 g/mol. The van der Waals surface area contributed by atoms with Crippen LogP contribution < -0.4 is 4.74 Å². The Bertz CT molecular complexity index is 1300. The maximum atomic E-state index is 12.6. The predicted octanol–water partition coefficient (Wildman–Crippen LogP) is 7.03.